The highest BCUT2D eigenvalue weighted by Crippen LogP contribution is 2.22. The molecule has 17 heavy (non-hydrogen) atoms. The first-order chi connectivity index (χ1) is 8.25. The number of nitrogens with zero attached hydrogens (tertiary/aromatic N) is 1. The topological polar surface area (TPSA) is 32.3 Å². The Morgan fingerprint density at radius 3 is 2.29 bits per heavy atom. The molecule has 0 heterocycles. The predicted molar refractivity (Wildman–Crippen MR) is 71.0 cm³/mol. The lowest BCUT2D eigenvalue weighted by Gasteiger charge is -1.97. The second-order valence-corrected chi connectivity index (χ2v) is 4.58. The lowest BCUT2D eigenvalue weighted by molar-refractivity contribution is 0.431. The van der Waals surface area contributed by atoms with Crippen molar-refractivity contribution in [3.05, 3.63) is 65.2 Å². The summed E-state index contributed by atoms with van der Waals surface area (Å²) in [5.74, 6) is -0.231. The van der Waals surface area contributed by atoms with E-state index in [9.17, 15) is 5.11 Å². The molecule has 0 fully saturated rings. The maximum atomic E-state index is 11.7. The van der Waals surface area contributed by atoms with Crippen molar-refractivity contribution in [2.75, 3.05) is 0 Å². The van der Waals surface area contributed by atoms with Crippen LogP contribution in [0.5, 0.6) is 0 Å². The van der Waals surface area contributed by atoms with Gasteiger partial charge in [-0.3, -0.25) is 5.11 Å². The molecule has 2 aromatic carbocycles. The molecule has 0 aliphatic rings. The molecule has 0 spiro atoms. The highest BCUT2D eigenvalue weighted by Gasteiger charge is 2.02. The monoisotopic (exact) mass is 262 g/mol. The molecule has 4 heteroatoms. The molecule has 85 valence electrons. The zero-order chi connectivity index (χ0) is 12.1. The van der Waals surface area contributed by atoms with Crippen molar-refractivity contribution in [1.29, 1.82) is 0 Å². The summed E-state index contributed by atoms with van der Waals surface area (Å²) in [6.45, 7) is 0. The minimum Gasteiger partial charge on any atom is -0.266 e. The molecule has 0 unspecified atom stereocenters. The lowest BCUT2D eigenvalue weighted by Crippen LogP contribution is -1.94. The fourth-order valence-corrected chi connectivity index (χ4v) is 1.90. The summed E-state index contributed by atoms with van der Waals surface area (Å²) < 4.78 is 3.93. The lowest BCUT2D eigenvalue weighted by atomic mass is 10.2. The smallest absolute Gasteiger partial charge is 0.266 e. The summed E-state index contributed by atoms with van der Waals surface area (Å²) in [4.78, 5) is 0.888. The Kier molecular flexibility index (Phi) is 4.07. The average molecular weight is 263 g/mol. The molecule has 0 bridgehead atoms. The number of rotatable bonds is 3. The van der Waals surface area contributed by atoms with E-state index >= 15 is 0 Å². The van der Waals surface area contributed by atoms with Gasteiger partial charge in [-0.2, -0.15) is 4.40 Å². The maximum absolute atomic E-state index is 11.7. The first kappa shape index (κ1) is 12.0. The summed E-state index contributed by atoms with van der Waals surface area (Å²) in [5.41, 5.74) is 0.592. The van der Waals surface area contributed by atoms with Crippen LogP contribution in [0.15, 0.2) is 63.9 Å². The summed E-state index contributed by atoms with van der Waals surface area (Å²) in [6, 6.07) is 16.2. The second-order valence-electron chi connectivity index (χ2n) is 3.31. The van der Waals surface area contributed by atoms with Crippen LogP contribution in [0.25, 0.3) is 0 Å². The van der Waals surface area contributed by atoms with Crippen LogP contribution in [0.3, 0.4) is 0 Å². The molecule has 0 N–H and O–H groups in total. The molecule has 2 aromatic rings. The third-order valence-electron chi connectivity index (χ3n) is 2.07. The van der Waals surface area contributed by atoms with Crippen molar-refractivity contribution >= 4 is 29.4 Å². The van der Waals surface area contributed by atoms with Gasteiger partial charge in [0, 0.05) is 27.4 Å². The van der Waals surface area contributed by atoms with Crippen molar-refractivity contribution in [1.82, 2.24) is 0 Å². The van der Waals surface area contributed by atoms with Gasteiger partial charge in [0.2, 0.25) is 0 Å². The summed E-state index contributed by atoms with van der Waals surface area (Å²) in [5, 5.41) is 12.3. The van der Waals surface area contributed by atoms with E-state index in [1.165, 1.54) is 0 Å². The molecule has 0 aliphatic carbocycles. The molecule has 0 saturated carbocycles. The zero-order valence-corrected chi connectivity index (χ0v) is 10.4. The Bertz CT molecular complexity index is 511. The molecular formula is C13H9ClNOS. The third kappa shape index (κ3) is 3.51. The van der Waals surface area contributed by atoms with Crippen LogP contribution in [0, 0.1) is 0 Å². The van der Waals surface area contributed by atoms with Crippen LogP contribution in [-0.2, 0) is 5.11 Å². The Labute approximate surface area is 109 Å². The Hall–Kier alpha value is -1.45. The van der Waals surface area contributed by atoms with Gasteiger partial charge in [0.15, 0.2) is 0 Å². The van der Waals surface area contributed by atoms with Crippen molar-refractivity contribution in [2.24, 2.45) is 4.40 Å². The van der Waals surface area contributed by atoms with Crippen molar-refractivity contribution < 1.29 is 5.11 Å². The number of hydrogen-bond donors (Lipinski definition) is 0. The minimum atomic E-state index is -0.231. The van der Waals surface area contributed by atoms with Gasteiger partial charge >= 0.3 is 0 Å². The highest BCUT2D eigenvalue weighted by molar-refractivity contribution is 7.98. The fraction of sp³-hybridized carbons (Fsp3) is 0. The predicted octanol–water partition coefficient (Wildman–Crippen LogP) is 4.22. The highest BCUT2D eigenvalue weighted by atomic mass is 35.5. The number of benzene rings is 2. The maximum Gasteiger partial charge on any atom is 0.284 e. The Morgan fingerprint density at radius 1 is 1.00 bits per heavy atom. The van der Waals surface area contributed by atoms with E-state index in [1.807, 2.05) is 30.3 Å². The molecule has 0 atom stereocenters. The number of hydrogen-bond acceptors (Lipinski definition) is 2. The first-order valence-electron chi connectivity index (χ1n) is 4.99. The van der Waals surface area contributed by atoms with Crippen LogP contribution in [-0.4, -0.2) is 5.90 Å². The van der Waals surface area contributed by atoms with Crippen LogP contribution in [0.2, 0.25) is 5.02 Å². The molecule has 2 nitrogen and oxygen atoms in total. The van der Waals surface area contributed by atoms with Crippen LogP contribution in [0.4, 0.5) is 0 Å². The molecule has 0 aromatic heterocycles. The van der Waals surface area contributed by atoms with Crippen molar-refractivity contribution in [3.63, 3.8) is 0 Å². The van der Waals surface area contributed by atoms with Crippen molar-refractivity contribution in [2.45, 2.75) is 4.90 Å². The standard InChI is InChI=1S/C13H9ClNOS/c14-11-6-8-12(9-7-11)17-15-13(16)10-4-2-1-3-5-10/h1-9H. The van der Waals surface area contributed by atoms with Gasteiger partial charge in [-0.15, -0.1) is 0 Å². The van der Waals surface area contributed by atoms with E-state index in [-0.39, 0.29) is 5.90 Å². The van der Waals surface area contributed by atoms with Gasteiger partial charge in [-0.1, -0.05) is 29.8 Å². The van der Waals surface area contributed by atoms with E-state index in [1.54, 1.807) is 24.3 Å². The van der Waals surface area contributed by atoms with Gasteiger partial charge in [-0.25, -0.2) is 0 Å². The van der Waals surface area contributed by atoms with E-state index in [0.717, 1.165) is 16.8 Å². The van der Waals surface area contributed by atoms with Gasteiger partial charge in [0.25, 0.3) is 5.90 Å². The van der Waals surface area contributed by atoms with Gasteiger partial charge < -0.3 is 0 Å². The molecule has 0 amide bonds. The molecule has 2 rings (SSSR count). The quantitative estimate of drug-likeness (QED) is 0.463. The SMILES string of the molecule is [O]C(=NSc1ccc(Cl)cc1)c1ccccc1. The van der Waals surface area contributed by atoms with Crippen LogP contribution >= 0.6 is 23.5 Å². The largest absolute Gasteiger partial charge is 0.284 e. The van der Waals surface area contributed by atoms with E-state index in [4.69, 9.17) is 11.6 Å². The van der Waals surface area contributed by atoms with Gasteiger partial charge in [-0.05, 0) is 36.4 Å². The molecule has 0 saturated heterocycles. The van der Waals surface area contributed by atoms with Crippen LogP contribution < -0.4 is 0 Å². The minimum absolute atomic E-state index is 0.231. The van der Waals surface area contributed by atoms with E-state index in [2.05, 4.69) is 4.40 Å². The fourth-order valence-electron chi connectivity index (χ4n) is 1.22. The van der Waals surface area contributed by atoms with Gasteiger partial charge in [0.05, 0.1) is 0 Å². The van der Waals surface area contributed by atoms with E-state index in [0.29, 0.717) is 10.6 Å². The number of halogens is 1. The average Bonchev–Trinajstić information content (AvgIpc) is 2.39. The summed E-state index contributed by atoms with van der Waals surface area (Å²) in [6.07, 6.45) is 0. The van der Waals surface area contributed by atoms with E-state index < -0.39 is 0 Å². The van der Waals surface area contributed by atoms with Gasteiger partial charge in [0.1, 0.15) is 0 Å². The summed E-state index contributed by atoms with van der Waals surface area (Å²) in [7, 11) is 0. The van der Waals surface area contributed by atoms with Crippen LogP contribution in [0.1, 0.15) is 5.56 Å². The Balaban J connectivity index is 2.08. The molecule has 0 aliphatic heterocycles. The molecular weight excluding hydrogens is 254 g/mol. The first-order valence-corrected chi connectivity index (χ1v) is 6.14. The zero-order valence-electron chi connectivity index (χ0n) is 8.84. The van der Waals surface area contributed by atoms with Crippen molar-refractivity contribution in [3.8, 4) is 0 Å². The molecule has 1 radical (unpaired) electrons. The third-order valence-corrected chi connectivity index (χ3v) is 3.06. The second kappa shape index (κ2) is 5.75. The normalized spacial score (nSPS) is 11.5. The Morgan fingerprint density at radius 2 is 1.65 bits per heavy atom. The summed E-state index contributed by atoms with van der Waals surface area (Å²) >= 11 is 6.91.